The van der Waals surface area contributed by atoms with E-state index in [2.05, 4.69) is 26.2 Å². The third kappa shape index (κ3) is 3.31. The predicted octanol–water partition coefficient (Wildman–Crippen LogP) is 4.93. The van der Waals surface area contributed by atoms with Gasteiger partial charge in [0.05, 0.1) is 11.1 Å². The molecule has 0 saturated heterocycles. The van der Waals surface area contributed by atoms with E-state index in [4.69, 9.17) is 4.42 Å². The third-order valence-corrected chi connectivity index (χ3v) is 5.01. The molecule has 4 aromatic rings. The van der Waals surface area contributed by atoms with E-state index >= 15 is 0 Å². The van der Waals surface area contributed by atoms with Crippen LogP contribution in [0.2, 0.25) is 0 Å². The molecule has 1 amide bonds. The minimum Gasteiger partial charge on any atom is -0.451 e. The average molecular weight is 427 g/mol. The largest absolute Gasteiger partial charge is 0.451 e. The second kappa shape index (κ2) is 6.86. The topological polar surface area (TPSA) is 72.2 Å². The first-order valence-electron chi connectivity index (χ1n) is 7.66. The molecule has 0 fully saturated rings. The van der Waals surface area contributed by atoms with Crippen LogP contribution in [0.3, 0.4) is 0 Å². The molecule has 0 spiro atoms. The fourth-order valence-electron chi connectivity index (χ4n) is 2.46. The van der Waals surface area contributed by atoms with Gasteiger partial charge in [-0.25, -0.2) is 4.98 Å². The SMILES string of the molecule is O=C(Nc1nc(-c2ccc(Br)cc2)cs1)c1cc(=O)c2ccccc2o1. The molecule has 0 bridgehead atoms. The van der Waals surface area contributed by atoms with Crippen molar-refractivity contribution in [1.82, 2.24) is 4.98 Å². The lowest BCUT2D eigenvalue weighted by Crippen LogP contribution is -2.14. The van der Waals surface area contributed by atoms with E-state index < -0.39 is 5.91 Å². The van der Waals surface area contributed by atoms with Crippen LogP contribution in [0, 0.1) is 0 Å². The molecule has 0 aliphatic carbocycles. The van der Waals surface area contributed by atoms with E-state index in [0.29, 0.717) is 16.1 Å². The zero-order chi connectivity index (χ0) is 18.1. The molecule has 0 aliphatic heterocycles. The molecule has 128 valence electrons. The molecular formula is C19H11BrN2O3S. The van der Waals surface area contributed by atoms with Crippen LogP contribution in [0.5, 0.6) is 0 Å². The van der Waals surface area contributed by atoms with E-state index in [1.807, 2.05) is 29.6 Å². The van der Waals surface area contributed by atoms with Gasteiger partial charge in [-0.3, -0.25) is 14.9 Å². The Morgan fingerprint density at radius 2 is 1.88 bits per heavy atom. The Labute approximate surface area is 160 Å². The van der Waals surface area contributed by atoms with Gasteiger partial charge in [0.15, 0.2) is 16.3 Å². The lowest BCUT2D eigenvalue weighted by molar-refractivity contribution is 0.0997. The molecule has 2 aromatic heterocycles. The van der Waals surface area contributed by atoms with E-state index in [-0.39, 0.29) is 11.2 Å². The summed E-state index contributed by atoms with van der Waals surface area (Å²) in [5.74, 6) is -0.557. The number of thiazole rings is 1. The Morgan fingerprint density at radius 3 is 2.69 bits per heavy atom. The number of hydrogen-bond donors (Lipinski definition) is 1. The molecule has 1 N–H and O–H groups in total. The molecule has 5 nitrogen and oxygen atoms in total. The van der Waals surface area contributed by atoms with Gasteiger partial charge in [0.2, 0.25) is 0 Å². The molecule has 4 rings (SSSR count). The van der Waals surface area contributed by atoms with Gasteiger partial charge in [-0.1, -0.05) is 40.2 Å². The highest BCUT2D eigenvalue weighted by Gasteiger charge is 2.14. The number of carbonyl (C=O) groups excluding carboxylic acids is 1. The van der Waals surface area contributed by atoms with E-state index in [1.54, 1.807) is 24.3 Å². The first-order chi connectivity index (χ1) is 12.6. The minimum atomic E-state index is -0.510. The smallest absolute Gasteiger partial charge is 0.293 e. The molecular weight excluding hydrogens is 416 g/mol. The lowest BCUT2D eigenvalue weighted by atomic mass is 10.2. The maximum atomic E-state index is 12.4. The molecule has 0 atom stereocenters. The fraction of sp³-hybridized carbons (Fsp3) is 0. The van der Waals surface area contributed by atoms with Crippen molar-refractivity contribution in [3.63, 3.8) is 0 Å². The molecule has 7 heteroatoms. The molecule has 26 heavy (non-hydrogen) atoms. The van der Waals surface area contributed by atoms with Crippen LogP contribution in [-0.4, -0.2) is 10.9 Å². The number of benzene rings is 2. The minimum absolute atomic E-state index is 0.0471. The van der Waals surface area contributed by atoms with Gasteiger partial charge in [0, 0.05) is 21.5 Å². The van der Waals surface area contributed by atoms with Crippen LogP contribution >= 0.6 is 27.3 Å². The van der Waals surface area contributed by atoms with Crippen LogP contribution < -0.4 is 10.7 Å². The molecule has 0 aliphatic rings. The zero-order valence-corrected chi connectivity index (χ0v) is 15.6. The van der Waals surface area contributed by atoms with Crippen molar-refractivity contribution in [2.24, 2.45) is 0 Å². The van der Waals surface area contributed by atoms with Crippen molar-refractivity contribution in [2.75, 3.05) is 5.32 Å². The van der Waals surface area contributed by atoms with Crippen molar-refractivity contribution >= 4 is 49.3 Å². The summed E-state index contributed by atoms with van der Waals surface area (Å²) >= 11 is 4.70. The van der Waals surface area contributed by atoms with Gasteiger partial charge in [0.1, 0.15) is 5.58 Å². The Hall–Kier alpha value is -2.77. The second-order valence-corrected chi connectivity index (χ2v) is 7.24. The zero-order valence-electron chi connectivity index (χ0n) is 13.2. The monoisotopic (exact) mass is 426 g/mol. The number of para-hydroxylation sites is 1. The van der Waals surface area contributed by atoms with Crippen molar-refractivity contribution in [2.45, 2.75) is 0 Å². The van der Waals surface area contributed by atoms with Crippen LogP contribution in [0.4, 0.5) is 5.13 Å². The number of anilines is 1. The van der Waals surface area contributed by atoms with Crippen LogP contribution in [-0.2, 0) is 0 Å². The van der Waals surface area contributed by atoms with Crippen LogP contribution in [0.25, 0.3) is 22.2 Å². The summed E-state index contributed by atoms with van der Waals surface area (Å²) in [6.45, 7) is 0. The van der Waals surface area contributed by atoms with Gasteiger partial charge in [0.25, 0.3) is 5.91 Å². The number of carbonyl (C=O) groups is 1. The van der Waals surface area contributed by atoms with Gasteiger partial charge in [-0.2, -0.15) is 0 Å². The highest BCUT2D eigenvalue weighted by atomic mass is 79.9. The summed E-state index contributed by atoms with van der Waals surface area (Å²) in [7, 11) is 0. The van der Waals surface area contributed by atoms with Crippen molar-refractivity contribution in [1.29, 1.82) is 0 Å². The Bertz CT molecular complexity index is 1170. The molecule has 2 aromatic carbocycles. The average Bonchev–Trinajstić information content (AvgIpc) is 3.10. The maximum absolute atomic E-state index is 12.4. The van der Waals surface area contributed by atoms with Crippen LogP contribution in [0.15, 0.2) is 73.7 Å². The number of halogens is 1. The predicted molar refractivity (Wildman–Crippen MR) is 106 cm³/mol. The quantitative estimate of drug-likeness (QED) is 0.503. The molecule has 2 heterocycles. The first-order valence-corrected chi connectivity index (χ1v) is 9.33. The number of aromatic nitrogens is 1. The Morgan fingerprint density at radius 1 is 1.12 bits per heavy atom. The van der Waals surface area contributed by atoms with E-state index in [9.17, 15) is 9.59 Å². The second-order valence-electron chi connectivity index (χ2n) is 5.47. The summed E-state index contributed by atoms with van der Waals surface area (Å²) in [6, 6.07) is 15.7. The number of nitrogens with zero attached hydrogens (tertiary/aromatic N) is 1. The van der Waals surface area contributed by atoms with Gasteiger partial charge in [-0.15, -0.1) is 11.3 Å². The maximum Gasteiger partial charge on any atom is 0.293 e. The summed E-state index contributed by atoms with van der Waals surface area (Å²) in [6.07, 6.45) is 0. The lowest BCUT2D eigenvalue weighted by Gasteiger charge is -2.02. The van der Waals surface area contributed by atoms with Crippen LogP contribution in [0.1, 0.15) is 10.6 Å². The first kappa shape index (κ1) is 16.7. The molecule has 0 radical (unpaired) electrons. The van der Waals surface area contributed by atoms with Crippen molar-refractivity contribution < 1.29 is 9.21 Å². The van der Waals surface area contributed by atoms with Gasteiger partial charge < -0.3 is 4.42 Å². The number of rotatable bonds is 3. The van der Waals surface area contributed by atoms with Gasteiger partial charge >= 0.3 is 0 Å². The summed E-state index contributed by atoms with van der Waals surface area (Å²) in [5, 5.41) is 5.41. The normalized spacial score (nSPS) is 10.8. The van der Waals surface area contributed by atoms with E-state index in [1.165, 1.54) is 17.4 Å². The van der Waals surface area contributed by atoms with Crippen molar-refractivity contribution in [3.8, 4) is 11.3 Å². The summed E-state index contributed by atoms with van der Waals surface area (Å²) in [5.41, 5.74) is 1.83. The third-order valence-electron chi connectivity index (χ3n) is 3.72. The van der Waals surface area contributed by atoms with Crippen molar-refractivity contribution in [3.05, 3.63) is 80.4 Å². The number of hydrogen-bond acceptors (Lipinski definition) is 5. The highest BCUT2D eigenvalue weighted by Crippen LogP contribution is 2.26. The molecule has 0 unspecified atom stereocenters. The number of amides is 1. The fourth-order valence-corrected chi connectivity index (χ4v) is 3.44. The van der Waals surface area contributed by atoms with E-state index in [0.717, 1.165) is 15.7 Å². The Kier molecular flexibility index (Phi) is 4.40. The Balaban J connectivity index is 1.59. The highest BCUT2D eigenvalue weighted by molar-refractivity contribution is 9.10. The standard InChI is InChI=1S/C19H11BrN2O3S/c20-12-7-5-11(6-8-12)14-10-26-19(21-14)22-18(24)17-9-15(23)13-3-1-2-4-16(13)25-17/h1-10H,(H,21,22,24). The summed E-state index contributed by atoms with van der Waals surface area (Å²) in [4.78, 5) is 28.9. The van der Waals surface area contributed by atoms with Gasteiger partial charge in [-0.05, 0) is 24.3 Å². The summed E-state index contributed by atoms with van der Waals surface area (Å²) < 4.78 is 6.52. The number of fused-ring (bicyclic) bond motifs is 1. The molecule has 0 saturated carbocycles. The number of nitrogens with one attached hydrogen (secondary N) is 1.